The van der Waals surface area contributed by atoms with Crippen LogP contribution in [0.3, 0.4) is 0 Å². The molecule has 1 aromatic carbocycles. The average molecular weight is 312 g/mol. The molecule has 0 saturated carbocycles. The van der Waals surface area contributed by atoms with Gasteiger partial charge in [0.15, 0.2) is 0 Å². The van der Waals surface area contributed by atoms with E-state index in [2.05, 4.69) is 16.0 Å². The van der Waals surface area contributed by atoms with Crippen molar-refractivity contribution in [1.82, 2.24) is 9.97 Å². The third kappa shape index (κ3) is 3.05. The van der Waals surface area contributed by atoms with Crippen molar-refractivity contribution in [2.75, 3.05) is 0 Å². The van der Waals surface area contributed by atoms with Gasteiger partial charge in [0.2, 0.25) is 0 Å². The predicted octanol–water partition coefficient (Wildman–Crippen LogP) is 4.86. The summed E-state index contributed by atoms with van der Waals surface area (Å²) in [6, 6.07) is 13.5. The van der Waals surface area contributed by atoms with Gasteiger partial charge in [0, 0.05) is 27.9 Å². The molecule has 5 heteroatoms. The molecule has 2 heterocycles. The lowest BCUT2D eigenvalue weighted by atomic mass is 10.2. The Morgan fingerprint density at radius 1 is 1.29 bits per heavy atom. The minimum absolute atomic E-state index is 0.544. The van der Waals surface area contributed by atoms with E-state index in [1.165, 1.54) is 11.3 Å². The van der Waals surface area contributed by atoms with Crippen LogP contribution in [0.5, 0.6) is 0 Å². The van der Waals surface area contributed by atoms with Gasteiger partial charge in [-0.25, -0.2) is 4.98 Å². The van der Waals surface area contributed by atoms with Crippen molar-refractivity contribution in [3.8, 4) is 17.3 Å². The smallest absolute Gasteiger partial charge is 0.134 e. The van der Waals surface area contributed by atoms with E-state index in [1.807, 2.05) is 48.0 Å². The Balaban J connectivity index is 1.94. The Hall–Kier alpha value is -2.35. The normalized spacial score (nSPS) is 11.3. The number of H-pyrrole nitrogens is 1. The number of rotatable bonds is 3. The van der Waals surface area contributed by atoms with Crippen LogP contribution in [-0.4, -0.2) is 9.97 Å². The first-order valence-corrected chi connectivity index (χ1v) is 7.49. The molecule has 0 unspecified atom stereocenters. The van der Waals surface area contributed by atoms with E-state index in [9.17, 15) is 5.26 Å². The molecule has 0 spiro atoms. The average Bonchev–Trinajstić information content (AvgIpc) is 3.17. The number of nitrogens with one attached hydrogen (secondary N) is 1. The summed E-state index contributed by atoms with van der Waals surface area (Å²) < 4.78 is 0. The summed E-state index contributed by atoms with van der Waals surface area (Å²) in [4.78, 5) is 7.58. The van der Waals surface area contributed by atoms with Crippen molar-refractivity contribution in [1.29, 1.82) is 5.26 Å². The molecule has 1 N–H and O–H groups in total. The molecule has 21 heavy (non-hydrogen) atoms. The number of nitrogens with zero attached hydrogens (tertiary/aromatic N) is 2. The molecule has 3 aromatic rings. The van der Waals surface area contributed by atoms with Crippen LogP contribution in [0, 0.1) is 11.3 Å². The van der Waals surface area contributed by atoms with E-state index >= 15 is 0 Å². The van der Waals surface area contributed by atoms with Crippen LogP contribution in [0.4, 0.5) is 0 Å². The van der Waals surface area contributed by atoms with Crippen LogP contribution in [0.15, 0.2) is 48.0 Å². The Labute approximate surface area is 131 Å². The number of benzene rings is 1. The minimum Gasteiger partial charge on any atom is -0.362 e. The first-order chi connectivity index (χ1) is 10.3. The highest BCUT2D eigenvalue weighted by atomic mass is 35.5. The summed E-state index contributed by atoms with van der Waals surface area (Å²) in [6.45, 7) is 0. The monoisotopic (exact) mass is 311 g/mol. The highest BCUT2D eigenvalue weighted by Crippen LogP contribution is 2.27. The van der Waals surface area contributed by atoms with E-state index in [0.717, 1.165) is 17.0 Å². The highest BCUT2D eigenvalue weighted by molar-refractivity contribution is 7.11. The molecule has 0 aliphatic rings. The number of hydrogen-bond acceptors (Lipinski definition) is 3. The Bertz CT molecular complexity index is 808. The van der Waals surface area contributed by atoms with Crippen molar-refractivity contribution in [3.05, 3.63) is 63.7 Å². The fraction of sp³-hybridized carbons (Fsp3) is 0. The van der Waals surface area contributed by atoms with Crippen LogP contribution in [0.2, 0.25) is 5.02 Å². The SMILES string of the molecule is N#CC(=Cc1ccc[nH]1)c1nc(-c2ccc(Cl)cc2)cs1. The molecule has 3 rings (SSSR count). The van der Waals surface area contributed by atoms with Crippen molar-refractivity contribution < 1.29 is 0 Å². The lowest BCUT2D eigenvalue weighted by Crippen LogP contribution is -1.83. The lowest BCUT2D eigenvalue weighted by molar-refractivity contribution is 1.36. The van der Waals surface area contributed by atoms with Crippen molar-refractivity contribution in [2.45, 2.75) is 0 Å². The van der Waals surface area contributed by atoms with Crippen LogP contribution < -0.4 is 0 Å². The first kappa shape index (κ1) is 13.6. The maximum Gasteiger partial charge on any atom is 0.134 e. The largest absolute Gasteiger partial charge is 0.362 e. The van der Waals surface area contributed by atoms with Gasteiger partial charge in [-0.3, -0.25) is 0 Å². The molecule has 0 aliphatic heterocycles. The maximum atomic E-state index is 9.31. The number of halogens is 1. The van der Waals surface area contributed by atoms with Gasteiger partial charge in [0.25, 0.3) is 0 Å². The summed E-state index contributed by atoms with van der Waals surface area (Å²) in [5.41, 5.74) is 3.26. The molecule has 0 fully saturated rings. The first-order valence-electron chi connectivity index (χ1n) is 6.23. The standard InChI is InChI=1S/C16H10ClN3S/c17-13-5-3-11(4-6-13)15-10-21-16(20-15)12(9-18)8-14-2-1-7-19-14/h1-8,10,19H. The Morgan fingerprint density at radius 3 is 2.76 bits per heavy atom. The molecule has 3 nitrogen and oxygen atoms in total. The summed E-state index contributed by atoms with van der Waals surface area (Å²) in [5, 5.41) is 12.7. The van der Waals surface area contributed by atoms with Crippen LogP contribution in [0.1, 0.15) is 10.7 Å². The van der Waals surface area contributed by atoms with Gasteiger partial charge in [-0.15, -0.1) is 11.3 Å². The summed E-state index contributed by atoms with van der Waals surface area (Å²) in [6.07, 6.45) is 3.62. The zero-order valence-corrected chi connectivity index (χ0v) is 12.4. The Kier molecular flexibility index (Phi) is 3.87. The zero-order valence-electron chi connectivity index (χ0n) is 10.9. The summed E-state index contributed by atoms with van der Waals surface area (Å²) >= 11 is 7.34. The molecule has 0 saturated heterocycles. The second-order valence-electron chi connectivity index (χ2n) is 4.34. The van der Waals surface area contributed by atoms with Gasteiger partial charge >= 0.3 is 0 Å². The number of nitriles is 1. The fourth-order valence-corrected chi connectivity index (χ4v) is 2.80. The van der Waals surface area contributed by atoms with E-state index in [1.54, 1.807) is 6.08 Å². The maximum absolute atomic E-state index is 9.31. The van der Waals surface area contributed by atoms with Gasteiger partial charge in [-0.05, 0) is 30.3 Å². The number of aromatic amines is 1. The molecule has 0 bridgehead atoms. The molecule has 2 aromatic heterocycles. The molecule has 102 valence electrons. The lowest BCUT2D eigenvalue weighted by Gasteiger charge is -1.96. The second kappa shape index (κ2) is 5.96. The Morgan fingerprint density at radius 2 is 2.10 bits per heavy atom. The summed E-state index contributed by atoms with van der Waals surface area (Å²) in [5.74, 6) is 0. The molecule has 0 radical (unpaired) electrons. The van der Waals surface area contributed by atoms with Gasteiger partial charge in [0.05, 0.1) is 11.3 Å². The zero-order chi connectivity index (χ0) is 14.7. The highest BCUT2D eigenvalue weighted by Gasteiger charge is 2.09. The topological polar surface area (TPSA) is 52.5 Å². The van der Waals surface area contributed by atoms with Gasteiger partial charge in [-0.1, -0.05) is 23.7 Å². The van der Waals surface area contributed by atoms with Gasteiger partial charge in [0.1, 0.15) is 11.1 Å². The number of hydrogen-bond donors (Lipinski definition) is 1. The molecular formula is C16H10ClN3S. The van der Waals surface area contributed by atoms with E-state index in [0.29, 0.717) is 15.6 Å². The van der Waals surface area contributed by atoms with Crippen LogP contribution in [-0.2, 0) is 0 Å². The number of aromatic nitrogens is 2. The third-order valence-corrected chi connectivity index (χ3v) is 4.04. The summed E-state index contributed by atoms with van der Waals surface area (Å²) in [7, 11) is 0. The van der Waals surface area contributed by atoms with Crippen molar-refractivity contribution in [2.24, 2.45) is 0 Å². The van der Waals surface area contributed by atoms with E-state index in [4.69, 9.17) is 11.6 Å². The number of allylic oxidation sites excluding steroid dienone is 1. The van der Waals surface area contributed by atoms with Crippen LogP contribution >= 0.6 is 22.9 Å². The molecule has 0 amide bonds. The van der Waals surface area contributed by atoms with Crippen LogP contribution in [0.25, 0.3) is 22.9 Å². The molecule has 0 aliphatic carbocycles. The van der Waals surface area contributed by atoms with Crippen molar-refractivity contribution in [3.63, 3.8) is 0 Å². The molecule has 0 atom stereocenters. The minimum atomic E-state index is 0.544. The van der Waals surface area contributed by atoms with Crippen molar-refractivity contribution >= 4 is 34.6 Å². The van der Waals surface area contributed by atoms with Gasteiger partial charge in [-0.2, -0.15) is 5.26 Å². The fourth-order valence-electron chi connectivity index (χ4n) is 1.88. The van der Waals surface area contributed by atoms with E-state index in [-0.39, 0.29) is 0 Å². The predicted molar refractivity (Wildman–Crippen MR) is 86.8 cm³/mol. The second-order valence-corrected chi connectivity index (χ2v) is 5.63. The number of thiazole rings is 1. The van der Waals surface area contributed by atoms with E-state index < -0.39 is 0 Å². The molecular weight excluding hydrogens is 302 g/mol. The quantitative estimate of drug-likeness (QED) is 0.702. The van der Waals surface area contributed by atoms with Gasteiger partial charge < -0.3 is 4.98 Å². The third-order valence-electron chi connectivity index (χ3n) is 2.92.